The van der Waals surface area contributed by atoms with Crippen molar-refractivity contribution in [1.82, 2.24) is 9.97 Å². The van der Waals surface area contributed by atoms with Gasteiger partial charge in [0.2, 0.25) is 0 Å². The maximum atomic E-state index is 12.3. The first-order chi connectivity index (χ1) is 18.2. The van der Waals surface area contributed by atoms with Crippen molar-refractivity contribution < 1.29 is 27.4 Å². The highest BCUT2D eigenvalue weighted by Crippen LogP contribution is 2.37. The topological polar surface area (TPSA) is 103 Å². The van der Waals surface area contributed by atoms with Crippen LogP contribution in [0.15, 0.2) is 35.5 Å². The predicted molar refractivity (Wildman–Crippen MR) is 148 cm³/mol. The van der Waals surface area contributed by atoms with Crippen molar-refractivity contribution in [2.24, 2.45) is 0 Å². The minimum atomic E-state index is -3.36. The molecule has 0 unspecified atom stereocenters. The summed E-state index contributed by atoms with van der Waals surface area (Å²) in [4.78, 5) is 13.7. The molecule has 0 atom stereocenters. The molecule has 4 rings (SSSR count). The Hall–Kier alpha value is -2.86. The fourth-order valence-corrected chi connectivity index (χ4v) is 5.75. The lowest BCUT2D eigenvalue weighted by Gasteiger charge is -2.37. The SMILES string of the molecule is COCCOc1cc2ncnc(N3CCN(c4cc(S(C)(=O)=O)c(C)cc4Cl)CC3)c2cc1OCCOC. The molecule has 0 radical (unpaired) electrons. The van der Waals surface area contributed by atoms with E-state index >= 15 is 0 Å². The Bertz CT molecular complexity index is 1380. The van der Waals surface area contributed by atoms with Crippen LogP contribution in [0.4, 0.5) is 11.5 Å². The number of fused-ring (bicyclic) bond motifs is 1. The molecule has 3 aromatic rings. The van der Waals surface area contributed by atoms with Crippen LogP contribution in [-0.2, 0) is 19.3 Å². The van der Waals surface area contributed by atoms with Crippen LogP contribution in [0.5, 0.6) is 11.5 Å². The lowest BCUT2D eigenvalue weighted by atomic mass is 10.1. The van der Waals surface area contributed by atoms with Crippen LogP contribution >= 0.6 is 11.6 Å². The van der Waals surface area contributed by atoms with Crippen LogP contribution in [0.2, 0.25) is 5.02 Å². The van der Waals surface area contributed by atoms with Crippen LogP contribution in [0.25, 0.3) is 10.9 Å². The predicted octanol–water partition coefficient (Wildman–Crippen LogP) is 3.37. The summed E-state index contributed by atoms with van der Waals surface area (Å²) in [5.41, 5.74) is 2.10. The molecule has 2 aromatic carbocycles. The third-order valence-electron chi connectivity index (χ3n) is 6.33. The van der Waals surface area contributed by atoms with Crippen molar-refractivity contribution in [2.75, 3.05) is 82.9 Å². The van der Waals surface area contributed by atoms with Crippen LogP contribution in [0.3, 0.4) is 0 Å². The molecule has 1 fully saturated rings. The number of sulfone groups is 1. The normalized spacial score (nSPS) is 14.2. The molecule has 0 bridgehead atoms. The number of rotatable bonds is 11. The Labute approximate surface area is 228 Å². The zero-order valence-corrected chi connectivity index (χ0v) is 23.6. The Morgan fingerprint density at radius 1 is 0.868 bits per heavy atom. The van der Waals surface area contributed by atoms with E-state index in [2.05, 4.69) is 19.8 Å². The minimum Gasteiger partial charge on any atom is -0.487 e. The number of aryl methyl sites for hydroxylation is 1. The first-order valence-corrected chi connectivity index (χ1v) is 14.5. The van der Waals surface area contributed by atoms with Gasteiger partial charge in [0.15, 0.2) is 21.3 Å². The van der Waals surface area contributed by atoms with E-state index in [9.17, 15) is 8.42 Å². The van der Waals surface area contributed by atoms with Crippen molar-refractivity contribution in [3.05, 3.63) is 41.2 Å². The molecule has 0 saturated carbocycles. The molecule has 38 heavy (non-hydrogen) atoms. The summed E-state index contributed by atoms with van der Waals surface area (Å²) < 4.78 is 46.6. The average Bonchev–Trinajstić information content (AvgIpc) is 2.88. The number of methoxy groups -OCH3 is 2. The molecule has 0 spiro atoms. The van der Waals surface area contributed by atoms with E-state index in [0.717, 1.165) is 22.4 Å². The van der Waals surface area contributed by atoms with E-state index in [1.807, 2.05) is 12.1 Å². The molecule has 12 heteroatoms. The van der Waals surface area contributed by atoms with Gasteiger partial charge in [0.05, 0.1) is 34.3 Å². The van der Waals surface area contributed by atoms with Gasteiger partial charge in [-0.15, -0.1) is 0 Å². The third-order valence-corrected chi connectivity index (χ3v) is 7.88. The van der Waals surface area contributed by atoms with E-state index in [1.165, 1.54) is 6.26 Å². The summed E-state index contributed by atoms with van der Waals surface area (Å²) in [5, 5.41) is 1.38. The molecule has 206 valence electrons. The van der Waals surface area contributed by atoms with Crippen molar-refractivity contribution in [3.63, 3.8) is 0 Å². The van der Waals surface area contributed by atoms with E-state index in [-0.39, 0.29) is 0 Å². The van der Waals surface area contributed by atoms with E-state index in [4.69, 9.17) is 30.5 Å². The molecular weight excluding hydrogens is 532 g/mol. The van der Waals surface area contributed by atoms with Crippen LogP contribution in [0, 0.1) is 6.92 Å². The monoisotopic (exact) mass is 564 g/mol. The maximum absolute atomic E-state index is 12.3. The summed E-state index contributed by atoms with van der Waals surface area (Å²) in [7, 11) is -0.119. The molecule has 0 N–H and O–H groups in total. The molecule has 10 nitrogen and oxygen atoms in total. The molecule has 0 amide bonds. The standard InChI is InChI=1S/C26H33ClN4O6S/c1-18-13-20(27)22(16-25(18)38(4,32)33)30-5-7-31(8-6-30)26-19-14-23(36-11-9-34-2)24(37-12-10-35-3)15-21(19)28-17-29-26/h13-17H,5-12H2,1-4H3. The second kappa shape index (κ2) is 12.3. The summed E-state index contributed by atoms with van der Waals surface area (Å²) >= 11 is 6.53. The van der Waals surface area contributed by atoms with Gasteiger partial charge in [-0.1, -0.05) is 11.6 Å². The smallest absolute Gasteiger partial charge is 0.175 e. The van der Waals surface area contributed by atoms with E-state index in [0.29, 0.717) is 79.6 Å². The number of ether oxygens (including phenoxy) is 4. The maximum Gasteiger partial charge on any atom is 0.175 e. The van der Waals surface area contributed by atoms with Gasteiger partial charge in [0.1, 0.15) is 25.4 Å². The molecule has 1 aliphatic rings. The molecule has 1 aliphatic heterocycles. The number of aromatic nitrogens is 2. The average molecular weight is 565 g/mol. The highest BCUT2D eigenvalue weighted by atomic mass is 35.5. The number of nitrogens with zero attached hydrogens (tertiary/aromatic N) is 4. The zero-order valence-electron chi connectivity index (χ0n) is 22.1. The third kappa shape index (κ3) is 6.40. The second-order valence-electron chi connectivity index (χ2n) is 9.01. The highest BCUT2D eigenvalue weighted by Gasteiger charge is 2.24. The first-order valence-electron chi connectivity index (χ1n) is 12.2. The van der Waals surface area contributed by atoms with Gasteiger partial charge in [0.25, 0.3) is 0 Å². The molecule has 1 saturated heterocycles. The minimum absolute atomic E-state index is 0.297. The van der Waals surface area contributed by atoms with Gasteiger partial charge in [-0.05, 0) is 30.7 Å². The lowest BCUT2D eigenvalue weighted by Crippen LogP contribution is -2.47. The van der Waals surface area contributed by atoms with Gasteiger partial charge < -0.3 is 28.7 Å². The summed E-state index contributed by atoms with van der Waals surface area (Å²) in [5.74, 6) is 1.96. The van der Waals surface area contributed by atoms with Crippen LogP contribution < -0.4 is 19.3 Å². The lowest BCUT2D eigenvalue weighted by molar-refractivity contribution is 0.132. The molecule has 1 aromatic heterocycles. The number of anilines is 2. The summed E-state index contributed by atoms with van der Waals surface area (Å²) in [6.07, 6.45) is 2.76. The van der Waals surface area contributed by atoms with Crippen molar-refractivity contribution in [2.45, 2.75) is 11.8 Å². The quantitative estimate of drug-likeness (QED) is 0.322. The van der Waals surface area contributed by atoms with Crippen LogP contribution in [0.1, 0.15) is 5.56 Å². The van der Waals surface area contributed by atoms with Crippen LogP contribution in [-0.4, -0.2) is 91.5 Å². The number of benzene rings is 2. The second-order valence-corrected chi connectivity index (χ2v) is 11.4. The Morgan fingerprint density at radius 2 is 1.47 bits per heavy atom. The zero-order chi connectivity index (χ0) is 27.3. The van der Waals surface area contributed by atoms with Crippen molar-refractivity contribution in [3.8, 4) is 11.5 Å². The molecule has 2 heterocycles. The Morgan fingerprint density at radius 3 is 2.08 bits per heavy atom. The van der Waals surface area contributed by atoms with Gasteiger partial charge in [-0.25, -0.2) is 18.4 Å². The van der Waals surface area contributed by atoms with Gasteiger partial charge in [-0.2, -0.15) is 0 Å². The van der Waals surface area contributed by atoms with E-state index < -0.39 is 9.84 Å². The summed E-state index contributed by atoms with van der Waals surface area (Å²) in [6, 6.07) is 7.16. The van der Waals surface area contributed by atoms with Crippen molar-refractivity contribution >= 4 is 43.8 Å². The van der Waals surface area contributed by atoms with Gasteiger partial charge in [0, 0.05) is 58.1 Å². The Balaban J connectivity index is 1.59. The first kappa shape index (κ1) is 28.2. The number of hydrogen-bond acceptors (Lipinski definition) is 10. The number of piperazine rings is 1. The molecule has 0 aliphatic carbocycles. The fraction of sp³-hybridized carbons (Fsp3) is 0.462. The molecular formula is C26H33ClN4O6S. The number of hydrogen-bond donors (Lipinski definition) is 0. The number of halogens is 1. The Kier molecular flexibility index (Phi) is 9.14. The summed E-state index contributed by atoms with van der Waals surface area (Å²) in [6.45, 7) is 6.02. The van der Waals surface area contributed by atoms with Gasteiger partial charge in [-0.3, -0.25) is 0 Å². The van der Waals surface area contributed by atoms with Gasteiger partial charge >= 0.3 is 0 Å². The van der Waals surface area contributed by atoms with Crippen molar-refractivity contribution in [1.29, 1.82) is 0 Å². The van der Waals surface area contributed by atoms with E-state index in [1.54, 1.807) is 39.6 Å². The highest BCUT2D eigenvalue weighted by molar-refractivity contribution is 7.90. The fourth-order valence-electron chi connectivity index (χ4n) is 4.44. The largest absolute Gasteiger partial charge is 0.487 e.